The van der Waals surface area contributed by atoms with Gasteiger partial charge < -0.3 is 30.7 Å². The summed E-state index contributed by atoms with van der Waals surface area (Å²) in [4.78, 5) is 27.2. The lowest BCUT2D eigenvalue weighted by Gasteiger charge is -2.32. The minimum absolute atomic E-state index is 0.0284. The molecular formula is C24H31FN4O4. The van der Waals surface area contributed by atoms with Gasteiger partial charge in [0, 0.05) is 35.9 Å². The molecule has 0 radical (unpaired) electrons. The molecule has 0 unspecified atom stereocenters. The number of urea groups is 1. The summed E-state index contributed by atoms with van der Waals surface area (Å²) in [7, 11) is 1.84. The molecule has 2 aromatic carbocycles. The molecule has 0 bridgehead atoms. The van der Waals surface area contributed by atoms with Crippen molar-refractivity contribution < 1.29 is 23.8 Å². The second kappa shape index (κ2) is 11.1. The lowest BCUT2D eigenvalue weighted by molar-refractivity contribution is -0.134. The number of amides is 3. The van der Waals surface area contributed by atoms with Crippen LogP contribution in [0.1, 0.15) is 19.4 Å². The molecule has 3 rings (SSSR count). The van der Waals surface area contributed by atoms with Crippen LogP contribution in [-0.4, -0.2) is 60.8 Å². The zero-order valence-corrected chi connectivity index (χ0v) is 19.1. The summed E-state index contributed by atoms with van der Waals surface area (Å²) >= 11 is 0. The van der Waals surface area contributed by atoms with Crippen molar-refractivity contribution in [3.63, 3.8) is 0 Å². The molecule has 0 aliphatic carbocycles. The summed E-state index contributed by atoms with van der Waals surface area (Å²) in [5.74, 6) is 0.101. The zero-order valence-electron chi connectivity index (χ0n) is 19.1. The number of nitrogens with zero attached hydrogens (tertiary/aromatic N) is 1. The molecule has 1 aliphatic rings. The van der Waals surface area contributed by atoms with Crippen molar-refractivity contribution in [1.82, 2.24) is 10.2 Å². The maximum Gasteiger partial charge on any atom is 0.323 e. The number of likely N-dealkylation sites (N-methyl/N-ethyl adjacent to an activating group) is 1. The van der Waals surface area contributed by atoms with Gasteiger partial charge in [0.1, 0.15) is 17.7 Å². The van der Waals surface area contributed by atoms with Crippen molar-refractivity contribution >= 4 is 23.3 Å². The largest absolute Gasteiger partial charge is 0.488 e. The fourth-order valence-electron chi connectivity index (χ4n) is 3.78. The third kappa shape index (κ3) is 6.43. The minimum atomic E-state index is -0.492. The van der Waals surface area contributed by atoms with E-state index in [-0.39, 0.29) is 37.0 Å². The topological polar surface area (TPSA) is 103 Å². The van der Waals surface area contributed by atoms with E-state index >= 15 is 0 Å². The van der Waals surface area contributed by atoms with Gasteiger partial charge in [0.15, 0.2) is 0 Å². The Hall–Kier alpha value is -3.17. The number of benzene rings is 2. The number of rotatable bonds is 6. The molecule has 8 nitrogen and oxygen atoms in total. The SMILES string of the molecule is CNC[C@@H]1Oc2ccc(NC(=O)Nc3ccc(F)cc3)cc2CC(=O)N([C@H](C)CO)C[C@@H]1C. The molecule has 0 saturated heterocycles. The number of ether oxygens (including phenoxy) is 1. The maximum absolute atomic E-state index is 13.1. The van der Waals surface area contributed by atoms with Crippen molar-refractivity contribution in [3.8, 4) is 5.75 Å². The summed E-state index contributed by atoms with van der Waals surface area (Å²) in [6, 6.07) is 9.80. The molecule has 4 N–H and O–H groups in total. The number of aliphatic hydroxyl groups excluding tert-OH is 1. The van der Waals surface area contributed by atoms with Crippen LogP contribution in [0.3, 0.4) is 0 Å². The zero-order chi connectivity index (χ0) is 24.0. The molecule has 3 atom stereocenters. The Morgan fingerprint density at radius 1 is 1.21 bits per heavy atom. The smallest absolute Gasteiger partial charge is 0.323 e. The third-order valence-corrected chi connectivity index (χ3v) is 5.68. The average Bonchev–Trinajstić information content (AvgIpc) is 2.83. The predicted octanol–water partition coefficient (Wildman–Crippen LogP) is 2.84. The summed E-state index contributed by atoms with van der Waals surface area (Å²) in [5, 5.41) is 18.2. The van der Waals surface area contributed by atoms with Gasteiger partial charge in [-0.15, -0.1) is 0 Å². The molecule has 0 saturated carbocycles. The number of hydrogen-bond acceptors (Lipinski definition) is 5. The van der Waals surface area contributed by atoms with E-state index in [2.05, 4.69) is 16.0 Å². The Morgan fingerprint density at radius 2 is 1.88 bits per heavy atom. The first-order chi connectivity index (χ1) is 15.8. The Morgan fingerprint density at radius 3 is 2.55 bits per heavy atom. The van der Waals surface area contributed by atoms with Gasteiger partial charge in [0.05, 0.1) is 19.1 Å². The van der Waals surface area contributed by atoms with Crippen LogP contribution in [0.5, 0.6) is 5.75 Å². The highest BCUT2D eigenvalue weighted by molar-refractivity contribution is 5.99. The molecule has 33 heavy (non-hydrogen) atoms. The number of carbonyl (C=O) groups is 2. The fraction of sp³-hybridized carbons (Fsp3) is 0.417. The Labute approximate surface area is 193 Å². The lowest BCUT2D eigenvalue weighted by Crippen LogP contribution is -2.47. The average molecular weight is 459 g/mol. The predicted molar refractivity (Wildman–Crippen MR) is 125 cm³/mol. The van der Waals surface area contributed by atoms with Crippen molar-refractivity contribution in [2.24, 2.45) is 5.92 Å². The van der Waals surface area contributed by atoms with Crippen LogP contribution in [0.25, 0.3) is 0 Å². The Balaban J connectivity index is 1.83. The van der Waals surface area contributed by atoms with Crippen molar-refractivity contribution in [2.75, 3.05) is 37.4 Å². The first-order valence-corrected chi connectivity index (χ1v) is 11.0. The summed E-state index contributed by atoms with van der Waals surface area (Å²) in [6.45, 7) is 4.76. The van der Waals surface area contributed by atoms with Gasteiger partial charge in [-0.25, -0.2) is 9.18 Å². The number of aliphatic hydroxyl groups is 1. The molecule has 178 valence electrons. The van der Waals surface area contributed by atoms with Gasteiger partial charge in [-0.2, -0.15) is 0 Å². The van der Waals surface area contributed by atoms with E-state index in [0.717, 1.165) is 0 Å². The van der Waals surface area contributed by atoms with Gasteiger partial charge in [0.25, 0.3) is 0 Å². The molecule has 1 aliphatic heterocycles. The van der Waals surface area contributed by atoms with Gasteiger partial charge in [0.2, 0.25) is 5.91 Å². The molecule has 3 amide bonds. The lowest BCUT2D eigenvalue weighted by atomic mass is 10.0. The van der Waals surface area contributed by atoms with Crippen molar-refractivity contribution in [1.29, 1.82) is 0 Å². The first kappa shape index (κ1) is 24.5. The number of nitrogens with one attached hydrogen (secondary N) is 3. The molecule has 0 aromatic heterocycles. The number of fused-ring (bicyclic) bond motifs is 1. The highest BCUT2D eigenvalue weighted by Crippen LogP contribution is 2.29. The molecular weight excluding hydrogens is 427 g/mol. The number of halogens is 1. The fourth-order valence-corrected chi connectivity index (χ4v) is 3.78. The van der Waals surface area contributed by atoms with E-state index in [9.17, 15) is 19.1 Å². The normalized spacial score (nSPS) is 19.4. The first-order valence-electron chi connectivity index (χ1n) is 11.0. The molecule has 0 spiro atoms. The van der Waals surface area contributed by atoms with Crippen LogP contribution in [0, 0.1) is 11.7 Å². The van der Waals surface area contributed by atoms with Crippen molar-refractivity contribution in [3.05, 3.63) is 53.8 Å². The maximum atomic E-state index is 13.1. The van der Waals surface area contributed by atoms with E-state index in [1.54, 1.807) is 23.1 Å². The van der Waals surface area contributed by atoms with Crippen LogP contribution < -0.4 is 20.7 Å². The van der Waals surface area contributed by atoms with Crippen molar-refractivity contribution in [2.45, 2.75) is 32.4 Å². The van der Waals surface area contributed by atoms with E-state index in [1.165, 1.54) is 24.3 Å². The van der Waals surface area contributed by atoms with Gasteiger partial charge in [-0.05, 0) is 56.4 Å². The standard InChI is InChI=1S/C24H31FN4O4/c1-15-13-29(16(2)14-30)23(31)11-17-10-20(8-9-21(17)33-22(15)12-26-3)28-24(32)27-19-6-4-18(25)5-7-19/h4-10,15-16,22,26,30H,11-14H2,1-3H3,(H2,27,28,32)/t15-,16+,22-/m0/s1. The van der Waals surface area contributed by atoms with Crippen LogP contribution in [-0.2, 0) is 11.2 Å². The number of hydrogen-bond donors (Lipinski definition) is 4. The van der Waals surface area contributed by atoms with E-state index in [1.807, 2.05) is 20.9 Å². The van der Waals surface area contributed by atoms with Gasteiger partial charge >= 0.3 is 6.03 Å². The van der Waals surface area contributed by atoms with Gasteiger partial charge in [-0.1, -0.05) is 6.92 Å². The Bertz CT molecular complexity index is 969. The highest BCUT2D eigenvalue weighted by atomic mass is 19.1. The second-order valence-electron chi connectivity index (χ2n) is 8.35. The van der Waals surface area contributed by atoms with Gasteiger partial charge in [-0.3, -0.25) is 4.79 Å². The van der Waals surface area contributed by atoms with Crippen LogP contribution in [0.15, 0.2) is 42.5 Å². The molecule has 1 heterocycles. The Kier molecular flexibility index (Phi) is 8.24. The highest BCUT2D eigenvalue weighted by Gasteiger charge is 2.30. The monoisotopic (exact) mass is 458 g/mol. The van der Waals surface area contributed by atoms with E-state index < -0.39 is 11.8 Å². The summed E-state index contributed by atoms with van der Waals surface area (Å²) < 4.78 is 19.3. The summed E-state index contributed by atoms with van der Waals surface area (Å²) in [6.07, 6.45) is -0.109. The molecule has 0 fully saturated rings. The van der Waals surface area contributed by atoms with Crippen LogP contribution in [0.4, 0.5) is 20.6 Å². The molecule has 2 aromatic rings. The third-order valence-electron chi connectivity index (χ3n) is 5.68. The van der Waals surface area contributed by atoms with Crippen LogP contribution >= 0.6 is 0 Å². The molecule has 9 heteroatoms. The minimum Gasteiger partial charge on any atom is -0.488 e. The number of carbonyl (C=O) groups excluding carboxylic acids is 2. The quantitative estimate of drug-likeness (QED) is 0.533. The van der Waals surface area contributed by atoms with E-state index in [0.29, 0.717) is 35.8 Å². The number of anilines is 2. The van der Waals surface area contributed by atoms with Crippen LogP contribution in [0.2, 0.25) is 0 Å². The summed E-state index contributed by atoms with van der Waals surface area (Å²) in [5.41, 5.74) is 1.58. The van der Waals surface area contributed by atoms with E-state index in [4.69, 9.17) is 4.74 Å². The second-order valence-corrected chi connectivity index (χ2v) is 8.35.